The smallest absolute Gasteiger partial charge is 0.432 e. The molecule has 0 aliphatic carbocycles. The van der Waals surface area contributed by atoms with Crippen LogP contribution in [0, 0.1) is 0 Å². The van der Waals surface area contributed by atoms with Crippen LogP contribution in [0.25, 0.3) is 0 Å². The van der Waals surface area contributed by atoms with Crippen LogP contribution in [-0.2, 0) is 80.6 Å². The lowest BCUT2D eigenvalue weighted by Gasteiger charge is -2.35. The van der Waals surface area contributed by atoms with Crippen LogP contribution in [0.15, 0.2) is 152 Å². The van der Waals surface area contributed by atoms with Crippen molar-refractivity contribution in [3.05, 3.63) is 179 Å². The van der Waals surface area contributed by atoms with Crippen molar-refractivity contribution in [3.63, 3.8) is 0 Å². The van der Waals surface area contributed by atoms with Gasteiger partial charge in [0.15, 0.2) is 0 Å². The summed E-state index contributed by atoms with van der Waals surface area (Å²) in [5, 5.41) is 29.7. The maximum Gasteiger partial charge on any atom is 0.432 e. The minimum atomic E-state index is -4.51. The summed E-state index contributed by atoms with van der Waals surface area (Å²) in [4.78, 5) is 125. The molecule has 1 fully saturated rings. The Hall–Kier alpha value is -9.00. The molecule has 1 aliphatic rings. The Balaban J connectivity index is 1.16. The lowest BCUT2D eigenvalue weighted by atomic mass is 10.00. The van der Waals surface area contributed by atoms with E-state index in [1.54, 1.807) is 152 Å². The fourth-order valence-electron chi connectivity index (χ4n) is 9.63. The maximum atomic E-state index is 14.8. The highest BCUT2D eigenvalue weighted by Gasteiger charge is 2.35. The number of imide groups is 1. The molecule has 1 heterocycles. The normalized spacial score (nSPS) is 14.7. The van der Waals surface area contributed by atoms with Gasteiger partial charge in [-0.05, 0) is 27.8 Å². The quantitative estimate of drug-likeness (QED) is 0.0130. The number of benzene rings is 5. The molecule has 0 aromatic heterocycles. The molecular weight excluding hydrogens is 1110 g/mol. The second-order valence-corrected chi connectivity index (χ2v) is 22.5. The van der Waals surface area contributed by atoms with Crippen LogP contribution in [0.2, 0.25) is 0 Å². The molecule has 0 saturated carbocycles. The van der Waals surface area contributed by atoms with Crippen LogP contribution in [0.1, 0.15) is 59.9 Å². The van der Waals surface area contributed by atoms with Crippen LogP contribution in [0.3, 0.4) is 0 Å². The fraction of sp³-hybridized carbons (Fsp3) is 0.361. The van der Waals surface area contributed by atoms with E-state index in [2.05, 4.69) is 37.2 Å². The van der Waals surface area contributed by atoms with Crippen molar-refractivity contribution < 1.29 is 70.5 Å². The molecule has 452 valence electrons. The van der Waals surface area contributed by atoms with Gasteiger partial charge in [0.2, 0.25) is 23.6 Å². The first-order valence-electron chi connectivity index (χ1n) is 28.0. The van der Waals surface area contributed by atoms with E-state index < -0.39 is 99.6 Å². The third kappa shape index (κ3) is 22.9. The number of aliphatic carboxylic acids is 1. The van der Waals surface area contributed by atoms with Gasteiger partial charge in [-0.3, -0.25) is 28.8 Å². The number of hydrogen-bond acceptors (Lipinski definition) is 13. The van der Waals surface area contributed by atoms with Gasteiger partial charge in [0.1, 0.15) is 30.2 Å². The maximum absolute atomic E-state index is 14.8. The minimum absolute atomic E-state index is 0.0123. The number of hydroxylamine groups is 2. The molecular formula is C61H73N9O14S. The van der Waals surface area contributed by atoms with Gasteiger partial charge in [-0.1, -0.05) is 152 Å². The van der Waals surface area contributed by atoms with Crippen LogP contribution in [0.4, 0.5) is 9.59 Å². The molecule has 0 spiro atoms. The molecule has 0 bridgehead atoms. The molecule has 5 aromatic rings. The minimum Gasteiger partial charge on any atom is -0.748 e. The van der Waals surface area contributed by atoms with E-state index in [0.717, 1.165) is 0 Å². The van der Waals surface area contributed by atoms with Gasteiger partial charge in [-0.15, -0.1) is 5.06 Å². The molecule has 9 amide bonds. The number of quaternary nitrogens is 1. The SMILES string of the molecule is C[N+](CCCNC(=O)NC(Cc1ccccc1)C(=O)NC(Cc1ccccc1)C(=O)NC(Cc1ccccc1)C(=O)NC(Cc1ccccc1)C(=O)NC(Cc1ccccc1)C(=O)O)(CCCNC(=O)ON1C(=O)CCC1=O)CCCS(=O)(=O)[O-]. The van der Waals surface area contributed by atoms with E-state index in [-0.39, 0.29) is 75.5 Å². The van der Waals surface area contributed by atoms with Gasteiger partial charge >= 0.3 is 18.1 Å². The number of rotatable bonds is 33. The van der Waals surface area contributed by atoms with E-state index in [1.165, 1.54) is 0 Å². The zero-order valence-electron chi connectivity index (χ0n) is 47.2. The summed E-state index contributed by atoms with van der Waals surface area (Å²) >= 11 is 0. The topological polar surface area (TPSA) is 328 Å². The molecule has 23 nitrogen and oxygen atoms in total. The lowest BCUT2D eigenvalue weighted by molar-refractivity contribution is -0.909. The van der Waals surface area contributed by atoms with Crippen LogP contribution < -0.4 is 37.2 Å². The summed E-state index contributed by atoms with van der Waals surface area (Å²) in [6, 6.07) is 36.7. The molecule has 6 rings (SSSR count). The van der Waals surface area contributed by atoms with E-state index in [4.69, 9.17) is 4.84 Å². The molecule has 85 heavy (non-hydrogen) atoms. The Kier molecular flexibility index (Phi) is 25.1. The van der Waals surface area contributed by atoms with Gasteiger partial charge < -0.3 is 56.2 Å². The Labute approximate surface area is 493 Å². The Morgan fingerprint density at radius 1 is 0.494 bits per heavy atom. The molecule has 1 saturated heterocycles. The molecule has 0 radical (unpaired) electrons. The number of nitrogens with one attached hydrogen (secondary N) is 7. The van der Waals surface area contributed by atoms with Crippen LogP contribution >= 0.6 is 0 Å². The molecule has 6 atom stereocenters. The molecule has 6 unspecified atom stereocenters. The zero-order chi connectivity index (χ0) is 61.2. The highest BCUT2D eigenvalue weighted by atomic mass is 32.2. The van der Waals surface area contributed by atoms with Gasteiger partial charge in [0.25, 0.3) is 11.8 Å². The number of amides is 9. The molecule has 5 aromatic carbocycles. The average Bonchev–Trinajstić information content (AvgIpc) is 3.95. The van der Waals surface area contributed by atoms with Crippen molar-refractivity contribution in [3.8, 4) is 0 Å². The monoisotopic (exact) mass is 1190 g/mol. The number of urea groups is 1. The van der Waals surface area contributed by atoms with E-state index in [1.807, 2.05) is 7.05 Å². The van der Waals surface area contributed by atoms with E-state index in [9.17, 15) is 61.2 Å². The second kappa shape index (κ2) is 32.7. The summed E-state index contributed by atoms with van der Waals surface area (Å²) < 4.78 is 34.7. The van der Waals surface area contributed by atoms with Crippen molar-refractivity contribution in [1.29, 1.82) is 0 Å². The summed E-state index contributed by atoms with van der Waals surface area (Å²) in [7, 11) is -2.69. The van der Waals surface area contributed by atoms with Crippen molar-refractivity contribution in [2.45, 2.75) is 94.4 Å². The van der Waals surface area contributed by atoms with Gasteiger partial charge in [0, 0.05) is 83.1 Å². The summed E-state index contributed by atoms with van der Waals surface area (Å²) in [5.41, 5.74) is 3.28. The lowest BCUT2D eigenvalue weighted by Crippen LogP contribution is -2.60. The van der Waals surface area contributed by atoms with E-state index >= 15 is 0 Å². The van der Waals surface area contributed by atoms with Crippen LogP contribution in [0.5, 0.6) is 0 Å². The van der Waals surface area contributed by atoms with Crippen molar-refractivity contribution in [2.75, 3.05) is 45.5 Å². The molecule has 24 heteroatoms. The first kappa shape index (κ1) is 65.2. The van der Waals surface area contributed by atoms with Crippen molar-refractivity contribution >= 4 is 63.7 Å². The number of carboxylic acids is 1. The summed E-state index contributed by atoms with van der Waals surface area (Å²) in [6.07, 6.45) is -0.635. The van der Waals surface area contributed by atoms with Gasteiger partial charge in [-0.2, -0.15) is 0 Å². The first-order chi connectivity index (χ1) is 40.7. The van der Waals surface area contributed by atoms with Crippen LogP contribution in [-0.4, -0.2) is 157 Å². The van der Waals surface area contributed by atoms with Crippen molar-refractivity contribution in [2.24, 2.45) is 0 Å². The number of hydrogen-bond donors (Lipinski definition) is 8. The Morgan fingerprint density at radius 3 is 1.14 bits per heavy atom. The Bertz CT molecular complexity index is 3130. The predicted molar refractivity (Wildman–Crippen MR) is 311 cm³/mol. The predicted octanol–water partition coefficient (Wildman–Crippen LogP) is 2.84. The Morgan fingerprint density at radius 2 is 0.800 bits per heavy atom. The standard InChI is InChI=1S/C61H73N9O14S/c1-70(36-19-37-85(81,82)83,35-18-33-63-61(80)84-69-53(71)30-31-54(69)72)34-17-32-62-60(79)68-51(41-46-26-13-5-14-27-46)58(76)66-49(39-44-22-9-3-10-23-44)56(74)64-48(38-43-20-7-2-8-21-43)55(73)65-50(40-45-24-11-4-12-25-45)57(75)67-52(59(77)78)42-47-28-15-6-16-29-47/h2-16,20-29,48-52H,17-19,30-42H2,1H3,(H8-,62,63,64,65,66,67,68,73,74,75,76,77,78,79,80,81,82,83). The zero-order valence-corrected chi connectivity index (χ0v) is 48.0. The number of carbonyl (C=O) groups is 9. The number of carboxylic acid groups (broad SMARTS) is 1. The highest BCUT2D eigenvalue weighted by Crippen LogP contribution is 2.15. The highest BCUT2D eigenvalue weighted by molar-refractivity contribution is 7.85. The fourth-order valence-corrected chi connectivity index (χ4v) is 10.1. The number of carbonyl (C=O) groups excluding carboxylic acids is 8. The third-order valence-corrected chi connectivity index (χ3v) is 14.9. The summed E-state index contributed by atoms with van der Waals surface area (Å²) in [5.74, 6) is -6.21. The van der Waals surface area contributed by atoms with E-state index in [0.29, 0.717) is 58.8 Å². The van der Waals surface area contributed by atoms with Crippen molar-refractivity contribution in [1.82, 2.24) is 42.3 Å². The summed E-state index contributed by atoms with van der Waals surface area (Å²) in [6.45, 7) is 1.13. The number of nitrogens with zero attached hydrogens (tertiary/aromatic N) is 2. The third-order valence-electron chi connectivity index (χ3n) is 14.1. The largest absolute Gasteiger partial charge is 0.748 e. The van der Waals surface area contributed by atoms with Gasteiger partial charge in [-0.25, -0.2) is 22.8 Å². The molecule has 1 aliphatic heterocycles. The van der Waals surface area contributed by atoms with Gasteiger partial charge in [0.05, 0.1) is 36.8 Å². The molecule has 8 N–H and O–H groups in total. The second-order valence-electron chi connectivity index (χ2n) is 21.0. The average molecular weight is 1190 g/mol. The first-order valence-corrected chi connectivity index (χ1v) is 29.6.